The van der Waals surface area contributed by atoms with Gasteiger partial charge in [-0.05, 0) is 38.3 Å². The highest BCUT2D eigenvalue weighted by Gasteiger charge is 2.19. The molecule has 0 heterocycles. The highest BCUT2D eigenvalue weighted by molar-refractivity contribution is 5.69. The van der Waals surface area contributed by atoms with E-state index in [-0.39, 0.29) is 11.5 Å². The Morgan fingerprint density at radius 1 is 1.32 bits per heavy atom. The van der Waals surface area contributed by atoms with Crippen molar-refractivity contribution >= 4 is 5.97 Å². The molecule has 3 nitrogen and oxygen atoms in total. The van der Waals surface area contributed by atoms with Gasteiger partial charge < -0.3 is 10.1 Å². The SMILES string of the molecule is CCCC(=O)OCC(C)(C)NCc1ccccc1C. The highest BCUT2D eigenvalue weighted by Crippen LogP contribution is 2.10. The summed E-state index contributed by atoms with van der Waals surface area (Å²) in [5.74, 6) is -0.117. The van der Waals surface area contributed by atoms with Crippen LogP contribution in [0, 0.1) is 6.92 Å². The fourth-order valence-corrected chi connectivity index (χ4v) is 1.73. The first kappa shape index (κ1) is 15.7. The molecule has 0 atom stereocenters. The molecule has 0 saturated heterocycles. The minimum atomic E-state index is -0.217. The maximum Gasteiger partial charge on any atom is 0.305 e. The second-order valence-electron chi connectivity index (χ2n) is 5.57. The molecule has 0 amide bonds. The molecular formula is C16H25NO2. The normalized spacial score (nSPS) is 11.4. The van der Waals surface area contributed by atoms with Crippen LogP contribution in [0.25, 0.3) is 0 Å². The van der Waals surface area contributed by atoms with Crippen molar-refractivity contribution in [3.05, 3.63) is 35.4 Å². The Bertz CT molecular complexity index is 413. The van der Waals surface area contributed by atoms with Gasteiger partial charge in [0.05, 0.1) is 0 Å². The maximum absolute atomic E-state index is 11.4. The van der Waals surface area contributed by atoms with Crippen molar-refractivity contribution in [1.82, 2.24) is 5.32 Å². The van der Waals surface area contributed by atoms with Crippen molar-refractivity contribution in [2.75, 3.05) is 6.61 Å². The van der Waals surface area contributed by atoms with Crippen LogP contribution in [0.2, 0.25) is 0 Å². The predicted octanol–water partition coefficient (Wildman–Crippen LogP) is 3.21. The molecule has 0 spiro atoms. The van der Waals surface area contributed by atoms with E-state index >= 15 is 0 Å². The van der Waals surface area contributed by atoms with E-state index in [1.165, 1.54) is 11.1 Å². The molecule has 0 aromatic heterocycles. The monoisotopic (exact) mass is 263 g/mol. The summed E-state index contributed by atoms with van der Waals surface area (Å²) >= 11 is 0. The van der Waals surface area contributed by atoms with Gasteiger partial charge >= 0.3 is 5.97 Å². The smallest absolute Gasteiger partial charge is 0.305 e. The Hall–Kier alpha value is -1.35. The number of aryl methyl sites for hydroxylation is 1. The summed E-state index contributed by atoms with van der Waals surface area (Å²) in [5.41, 5.74) is 2.33. The van der Waals surface area contributed by atoms with Gasteiger partial charge in [0, 0.05) is 18.5 Å². The lowest BCUT2D eigenvalue weighted by molar-refractivity contribution is -0.145. The molecule has 106 valence electrons. The molecule has 0 aliphatic carbocycles. The average Bonchev–Trinajstić information content (AvgIpc) is 2.36. The maximum atomic E-state index is 11.4. The van der Waals surface area contributed by atoms with Crippen LogP contribution >= 0.6 is 0 Å². The molecule has 19 heavy (non-hydrogen) atoms. The van der Waals surface area contributed by atoms with E-state index in [4.69, 9.17) is 4.74 Å². The molecule has 1 rings (SSSR count). The van der Waals surface area contributed by atoms with Crippen LogP contribution in [-0.2, 0) is 16.1 Å². The first-order valence-corrected chi connectivity index (χ1v) is 6.90. The van der Waals surface area contributed by atoms with Crippen molar-refractivity contribution < 1.29 is 9.53 Å². The topological polar surface area (TPSA) is 38.3 Å². The van der Waals surface area contributed by atoms with Crippen LogP contribution in [0.3, 0.4) is 0 Å². The van der Waals surface area contributed by atoms with E-state index in [1.807, 2.05) is 32.9 Å². The van der Waals surface area contributed by atoms with E-state index in [9.17, 15) is 4.79 Å². The Morgan fingerprint density at radius 3 is 2.63 bits per heavy atom. The van der Waals surface area contributed by atoms with Gasteiger partial charge in [0.15, 0.2) is 0 Å². The van der Waals surface area contributed by atoms with Gasteiger partial charge in [-0.2, -0.15) is 0 Å². The van der Waals surface area contributed by atoms with Crippen LogP contribution in [-0.4, -0.2) is 18.1 Å². The fraction of sp³-hybridized carbons (Fsp3) is 0.562. The van der Waals surface area contributed by atoms with Crippen molar-refractivity contribution in [2.24, 2.45) is 0 Å². The third-order valence-corrected chi connectivity index (χ3v) is 3.07. The third kappa shape index (κ3) is 5.88. The van der Waals surface area contributed by atoms with Crippen molar-refractivity contribution in [3.63, 3.8) is 0 Å². The molecule has 1 aromatic carbocycles. The molecule has 0 bridgehead atoms. The van der Waals surface area contributed by atoms with E-state index in [2.05, 4.69) is 24.4 Å². The molecule has 1 N–H and O–H groups in total. The van der Waals surface area contributed by atoms with E-state index in [1.54, 1.807) is 0 Å². The number of esters is 1. The standard InChI is InChI=1S/C16H25NO2/c1-5-8-15(18)19-12-16(3,4)17-11-14-10-7-6-9-13(14)2/h6-7,9-10,17H,5,8,11-12H2,1-4H3. The first-order valence-electron chi connectivity index (χ1n) is 6.90. The Kier molecular flexibility index (Phi) is 6.03. The molecule has 0 aliphatic heterocycles. The number of hydrogen-bond donors (Lipinski definition) is 1. The number of benzene rings is 1. The minimum Gasteiger partial charge on any atom is -0.464 e. The number of hydrogen-bond acceptors (Lipinski definition) is 3. The average molecular weight is 263 g/mol. The summed E-state index contributed by atoms with van der Waals surface area (Å²) < 4.78 is 5.26. The second kappa shape index (κ2) is 7.29. The molecular weight excluding hydrogens is 238 g/mol. The molecule has 1 aromatic rings. The van der Waals surface area contributed by atoms with Crippen LogP contribution in [0.1, 0.15) is 44.7 Å². The quantitative estimate of drug-likeness (QED) is 0.768. The molecule has 0 fully saturated rings. The molecule has 0 saturated carbocycles. The van der Waals surface area contributed by atoms with Crippen molar-refractivity contribution in [3.8, 4) is 0 Å². The zero-order chi connectivity index (χ0) is 14.3. The summed E-state index contributed by atoms with van der Waals surface area (Å²) in [4.78, 5) is 11.4. The number of nitrogens with one attached hydrogen (secondary N) is 1. The Balaban J connectivity index is 2.42. The van der Waals surface area contributed by atoms with Gasteiger partial charge in [-0.15, -0.1) is 0 Å². The van der Waals surface area contributed by atoms with Crippen molar-refractivity contribution in [1.29, 1.82) is 0 Å². The summed E-state index contributed by atoms with van der Waals surface area (Å²) in [5, 5.41) is 3.44. The third-order valence-electron chi connectivity index (χ3n) is 3.07. The van der Waals surface area contributed by atoms with Crippen molar-refractivity contribution in [2.45, 2.75) is 52.6 Å². The number of ether oxygens (including phenoxy) is 1. The zero-order valence-corrected chi connectivity index (χ0v) is 12.5. The molecule has 0 aliphatic rings. The minimum absolute atomic E-state index is 0.117. The lowest BCUT2D eigenvalue weighted by Gasteiger charge is -2.26. The zero-order valence-electron chi connectivity index (χ0n) is 12.5. The van der Waals surface area contributed by atoms with Gasteiger partial charge in [0.2, 0.25) is 0 Å². The summed E-state index contributed by atoms with van der Waals surface area (Å²) in [6, 6.07) is 8.29. The van der Waals surface area contributed by atoms with Crippen LogP contribution in [0.4, 0.5) is 0 Å². The van der Waals surface area contributed by atoms with Gasteiger partial charge in [0.1, 0.15) is 6.61 Å². The van der Waals surface area contributed by atoms with Crippen LogP contribution in [0.5, 0.6) is 0 Å². The summed E-state index contributed by atoms with van der Waals surface area (Å²) in [6.07, 6.45) is 1.32. The number of carbonyl (C=O) groups excluding carboxylic acids is 1. The van der Waals surface area contributed by atoms with E-state index in [0.29, 0.717) is 13.0 Å². The summed E-state index contributed by atoms with van der Waals surface area (Å²) in [7, 11) is 0. The Labute approximate surface area is 116 Å². The van der Waals surface area contributed by atoms with Gasteiger partial charge in [-0.25, -0.2) is 0 Å². The van der Waals surface area contributed by atoms with Gasteiger partial charge in [-0.3, -0.25) is 4.79 Å². The Morgan fingerprint density at radius 2 is 2.00 bits per heavy atom. The van der Waals surface area contributed by atoms with Crippen LogP contribution in [0.15, 0.2) is 24.3 Å². The lowest BCUT2D eigenvalue weighted by Crippen LogP contribution is -2.43. The first-order chi connectivity index (χ1) is 8.94. The second-order valence-corrected chi connectivity index (χ2v) is 5.57. The van der Waals surface area contributed by atoms with Gasteiger partial charge in [0.25, 0.3) is 0 Å². The predicted molar refractivity (Wildman–Crippen MR) is 78.0 cm³/mol. The van der Waals surface area contributed by atoms with Crippen LogP contribution < -0.4 is 5.32 Å². The number of rotatable bonds is 7. The highest BCUT2D eigenvalue weighted by atomic mass is 16.5. The van der Waals surface area contributed by atoms with E-state index in [0.717, 1.165) is 13.0 Å². The largest absolute Gasteiger partial charge is 0.464 e. The molecule has 0 unspecified atom stereocenters. The lowest BCUT2D eigenvalue weighted by atomic mass is 10.0. The summed E-state index contributed by atoms with van der Waals surface area (Å²) in [6.45, 7) is 9.35. The molecule has 0 radical (unpaired) electrons. The molecule has 3 heteroatoms. The number of carbonyl (C=O) groups is 1. The van der Waals surface area contributed by atoms with Gasteiger partial charge in [-0.1, -0.05) is 31.2 Å². The van der Waals surface area contributed by atoms with E-state index < -0.39 is 0 Å². The fourth-order valence-electron chi connectivity index (χ4n) is 1.73.